The van der Waals surface area contributed by atoms with Crippen molar-refractivity contribution in [3.63, 3.8) is 0 Å². The van der Waals surface area contributed by atoms with Crippen LogP contribution in [0.3, 0.4) is 0 Å². The summed E-state index contributed by atoms with van der Waals surface area (Å²) in [5, 5.41) is 3.68. The van der Waals surface area contributed by atoms with E-state index in [-0.39, 0.29) is 11.8 Å². The maximum absolute atomic E-state index is 13.6. The molecule has 3 heterocycles. The van der Waals surface area contributed by atoms with Crippen molar-refractivity contribution in [1.29, 1.82) is 0 Å². The molecule has 1 atom stereocenters. The number of aryl methyl sites for hydroxylation is 1. The second-order valence-electron chi connectivity index (χ2n) is 7.68. The van der Waals surface area contributed by atoms with Crippen molar-refractivity contribution in [3.8, 4) is 0 Å². The van der Waals surface area contributed by atoms with Gasteiger partial charge in [-0.2, -0.15) is 0 Å². The van der Waals surface area contributed by atoms with E-state index in [1.807, 2.05) is 11.8 Å². The van der Waals surface area contributed by atoms with Crippen molar-refractivity contribution in [3.05, 3.63) is 46.1 Å². The third-order valence-electron chi connectivity index (χ3n) is 5.71. The summed E-state index contributed by atoms with van der Waals surface area (Å²) < 4.78 is 5.49. The molecule has 1 saturated heterocycles. The van der Waals surface area contributed by atoms with Gasteiger partial charge in [0.1, 0.15) is 5.00 Å². The van der Waals surface area contributed by atoms with E-state index >= 15 is 0 Å². The minimum absolute atomic E-state index is 0.0280. The standard InChI is InChI=1S/C22H27N3O3S/c1-2-25(13-15-9-11-28-14-15)22(27)19-17-7-3-4-8-18(17)29-21(19)24-20(26)16-6-5-10-23-12-16/h5-6,10,12,15H,2-4,7-9,11,13-14H2,1H3,(H,24,26). The number of anilines is 1. The Morgan fingerprint density at radius 3 is 2.93 bits per heavy atom. The monoisotopic (exact) mass is 413 g/mol. The number of hydrogen-bond acceptors (Lipinski definition) is 5. The maximum Gasteiger partial charge on any atom is 0.257 e. The van der Waals surface area contributed by atoms with Crippen LogP contribution in [-0.2, 0) is 17.6 Å². The van der Waals surface area contributed by atoms with E-state index in [1.165, 1.54) is 4.88 Å². The van der Waals surface area contributed by atoms with Crippen LogP contribution >= 0.6 is 11.3 Å². The molecule has 1 aliphatic heterocycles. The Morgan fingerprint density at radius 2 is 2.21 bits per heavy atom. The van der Waals surface area contributed by atoms with Gasteiger partial charge in [-0.05, 0) is 56.7 Å². The average Bonchev–Trinajstić information content (AvgIpc) is 3.39. The van der Waals surface area contributed by atoms with Gasteiger partial charge in [0, 0.05) is 42.9 Å². The normalized spacial score (nSPS) is 18.3. The number of amides is 2. The molecule has 1 unspecified atom stereocenters. The van der Waals surface area contributed by atoms with Crippen molar-refractivity contribution >= 4 is 28.2 Å². The van der Waals surface area contributed by atoms with Crippen LogP contribution in [0.15, 0.2) is 24.5 Å². The molecule has 1 N–H and O–H groups in total. The topological polar surface area (TPSA) is 71.5 Å². The Hall–Kier alpha value is -2.25. The molecule has 29 heavy (non-hydrogen) atoms. The summed E-state index contributed by atoms with van der Waals surface area (Å²) in [5.41, 5.74) is 2.32. The number of ether oxygens (including phenoxy) is 1. The predicted octanol–water partition coefficient (Wildman–Crippen LogP) is 3.77. The van der Waals surface area contributed by atoms with Gasteiger partial charge < -0.3 is 15.0 Å². The molecule has 2 aliphatic rings. The van der Waals surface area contributed by atoms with Gasteiger partial charge in [0.05, 0.1) is 17.7 Å². The molecule has 0 spiro atoms. The molecule has 6 nitrogen and oxygen atoms in total. The van der Waals surface area contributed by atoms with Crippen LogP contribution in [-0.4, -0.2) is 48.0 Å². The molecular weight excluding hydrogens is 386 g/mol. The van der Waals surface area contributed by atoms with Crippen LogP contribution in [0.2, 0.25) is 0 Å². The third kappa shape index (κ3) is 4.36. The quantitative estimate of drug-likeness (QED) is 0.782. The number of nitrogens with zero attached hydrogens (tertiary/aromatic N) is 2. The minimum Gasteiger partial charge on any atom is -0.381 e. The fourth-order valence-electron chi connectivity index (χ4n) is 4.11. The molecule has 2 amide bonds. The number of pyridine rings is 1. The Balaban J connectivity index is 1.62. The summed E-state index contributed by atoms with van der Waals surface area (Å²) >= 11 is 1.56. The molecule has 0 radical (unpaired) electrons. The minimum atomic E-state index is -0.224. The number of carbonyl (C=O) groups is 2. The fourth-order valence-corrected chi connectivity index (χ4v) is 5.38. The molecule has 2 aromatic heterocycles. The molecule has 2 aromatic rings. The van der Waals surface area contributed by atoms with Crippen LogP contribution in [0.1, 0.15) is 57.3 Å². The predicted molar refractivity (Wildman–Crippen MR) is 114 cm³/mol. The molecule has 4 rings (SSSR count). The van der Waals surface area contributed by atoms with Gasteiger partial charge in [-0.1, -0.05) is 0 Å². The summed E-state index contributed by atoms with van der Waals surface area (Å²) in [5.74, 6) is 0.195. The van der Waals surface area contributed by atoms with Crippen LogP contribution in [0.25, 0.3) is 0 Å². The second-order valence-corrected chi connectivity index (χ2v) is 8.79. The summed E-state index contributed by atoms with van der Waals surface area (Å²) in [6, 6.07) is 3.47. The number of carbonyl (C=O) groups excluding carboxylic acids is 2. The number of fused-ring (bicyclic) bond motifs is 1. The summed E-state index contributed by atoms with van der Waals surface area (Å²) in [7, 11) is 0. The lowest BCUT2D eigenvalue weighted by Crippen LogP contribution is -2.36. The van der Waals surface area contributed by atoms with E-state index in [0.717, 1.165) is 50.9 Å². The maximum atomic E-state index is 13.6. The molecule has 154 valence electrons. The van der Waals surface area contributed by atoms with E-state index in [1.54, 1.807) is 35.9 Å². The smallest absolute Gasteiger partial charge is 0.257 e. The number of nitrogens with one attached hydrogen (secondary N) is 1. The van der Waals surface area contributed by atoms with Gasteiger partial charge in [-0.3, -0.25) is 14.6 Å². The van der Waals surface area contributed by atoms with Crippen LogP contribution in [0.5, 0.6) is 0 Å². The van der Waals surface area contributed by atoms with Crippen molar-refractivity contribution in [1.82, 2.24) is 9.88 Å². The largest absolute Gasteiger partial charge is 0.381 e. The molecule has 7 heteroatoms. The second kappa shape index (κ2) is 9.05. The summed E-state index contributed by atoms with van der Waals surface area (Å²) in [6.45, 7) is 4.86. The van der Waals surface area contributed by atoms with Gasteiger partial charge in [-0.25, -0.2) is 0 Å². The van der Waals surface area contributed by atoms with E-state index in [4.69, 9.17) is 4.74 Å². The Bertz CT molecular complexity index is 875. The first kappa shape index (κ1) is 20.0. The van der Waals surface area contributed by atoms with Crippen LogP contribution in [0, 0.1) is 5.92 Å². The van der Waals surface area contributed by atoms with E-state index in [0.29, 0.717) is 35.1 Å². The lowest BCUT2D eigenvalue weighted by Gasteiger charge is -2.25. The molecule has 1 fully saturated rings. The highest BCUT2D eigenvalue weighted by Gasteiger charge is 2.30. The number of aromatic nitrogens is 1. The van der Waals surface area contributed by atoms with Crippen LogP contribution < -0.4 is 5.32 Å². The molecular formula is C22H27N3O3S. The Morgan fingerprint density at radius 1 is 1.34 bits per heavy atom. The number of hydrogen-bond donors (Lipinski definition) is 1. The lowest BCUT2D eigenvalue weighted by atomic mass is 9.94. The zero-order valence-corrected chi connectivity index (χ0v) is 17.6. The van der Waals surface area contributed by atoms with E-state index in [2.05, 4.69) is 10.3 Å². The zero-order valence-electron chi connectivity index (χ0n) is 16.8. The van der Waals surface area contributed by atoms with Crippen LogP contribution in [0.4, 0.5) is 5.00 Å². The Labute approximate surface area is 175 Å². The van der Waals surface area contributed by atoms with Crippen molar-refractivity contribution < 1.29 is 14.3 Å². The molecule has 0 saturated carbocycles. The Kier molecular flexibility index (Phi) is 6.25. The molecule has 1 aliphatic carbocycles. The van der Waals surface area contributed by atoms with Gasteiger partial charge >= 0.3 is 0 Å². The summed E-state index contributed by atoms with van der Waals surface area (Å²) in [6.07, 6.45) is 8.28. The lowest BCUT2D eigenvalue weighted by molar-refractivity contribution is 0.0731. The SMILES string of the molecule is CCN(CC1CCOC1)C(=O)c1c(NC(=O)c2cccnc2)sc2c1CCCC2. The first-order valence-corrected chi connectivity index (χ1v) is 11.2. The van der Waals surface area contributed by atoms with Gasteiger partial charge in [0.25, 0.3) is 11.8 Å². The van der Waals surface area contributed by atoms with Gasteiger partial charge in [-0.15, -0.1) is 11.3 Å². The van der Waals surface area contributed by atoms with Crippen molar-refractivity contribution in [2.45, 2.75) is 39.0 Å². The first-order chi connectivity index (χ1) is 14.2. The fraction of sp³-hybridized carbons (Fsp3) is 0.500. The highest BCUT2D eigenvalue weighted by molar-refractivity contribution is 7.17. The van der Waals surface area contributed by atoms with E-state index < -0.39 is 0 Å². The molecule has 0 aromatic carbocycles. The van der Waals surface area contributed by atoms with Gasteiger partial charge in [0.2, 0.25) is 0 Å². The third-order valence-corrected chi connectivity index (χ3v) is 6.91. The first-order valence-electron chi connectivity index (χ1n) is 10.4. The van der Waals surface area contributed by atoms with Gasteiger partial charge in [0.15, 0.2) is 0 Å². The van der Waals surface area contributed by atoms with E-state index in [9.17, 15) is 9.59 Å². The molecule has 0 bridgehead atoms. The highest BCUT2D eigenvalue weighted by Crippen LogP contribution is 2.39. The van der Waals surface area contributed by atoms with Crippen molar-refractivity contribution in [2.24, 2.45) is 5.92 Å². The average molecular weight is 414 g/mol. The van der Waals surface area contributed by atoms with Crippen molar-refractivity contribution in [2.75, 3.05) is 31.6 Å². The number of thiophene rings is 1. The zero-order chi connectivity index (χ0) is 20.2. The number of rotatable bonds is 6. The highest BCUT2D eigenvalue weighted by atomic mass is 32.1. The summed E-state index contributed by atoms with van der Waals surface area (Å²) in [4.78, 5) is 33.5.